The maximum Gasteiger partial charge on any atom is 0.416 e. The molecule has 27 heavy (non-hydrogen) atoms. The van der Waals surface area contributed by atoms with Crippen LogP contribution in [-0.2, 0) is 11.0 Å². The lowest BCUT2D eigenvalue weighted by Gasteiger charge is -2.31. The van der Waals surface area contributed by atoms with Gasteiger partial charge in [0.25, 0.3) is 0 Å². The van der Waals surface area contributed by atoms with E-state index in [4.69, 9.17) is 9.47 Å². The Morgan fingerprint density at radius 3 is 2.52 bits per heavy atom. The summed E-state index contributed by atoms with van der Waals surface area (Å²) in [6.45, 7) is 5.34. The molecule has 2 atom stereocenters. The number of hydrogen-bond acceptors (Lipinski definition) is 3. The highest BCUT2D eigenvalue weighted by atomic mass is 19.4. The number of halogens is 3. The van der Waals surface area contributed by atoms with E-state index in [0.29, 0.717) is 17.9 Å². The third-order valence-corrected chi connectivity index (χ3v) is 4.18. The molecule has 1 amide bonds. The molecule has 1 unspecified atom stereocenters. The molecule has 1 heterocycles. The Hall–Kier alpha value is -2.96. The molecule has 7 heteroatoms. The Labute approximate surface area is 154 Å². The molecule has 0 spiro atoms. The third-order valence-electron chi connectivity index (χ3n) is 4.18. The highest BCUT2D eigenvalue weighted by Gasteiger charge is 2.30. The van der Waals surface area contributed by atoms with Gasteiger partial charge in [-0.1, -0.05) is 6.58 Å². The molecule has 142 valence electrons. The Bertz CT molecular complexity index is 847. The van der Waals surface area contributed by atoms with Crippen molar-refractivity contribution in [3.05, 3.63) is 66.2 Å². The van der Waals surface area contributed by atoms with E-state index in [1.807, 2.05) is 6.92 Å². The van der Waals surface area contributed by atoms with Crippen LogP contribution in [0, 0.1) is 0 Å². The Kier molecular flexibility index (Phi) is 5.12. The van der Waals surface area contributed by atoms with Crippen LogP contribution in [0.2, 0.25) is 0 Å². The van der Waals surface area contributed by atoms with Crippen molar-refractivity contribution in [1.82, 2.24) is 5.32 Å². The van der Waals surface area contributed by atoms with Gasteiger partial charge in [0, 0.05) is 18.1 Å². The molecule has 1 aliphatic rings. The molecular weight excluding hydrogens is 359 g/mol. The maximum atomic E-state index is 12.6. The number of carbonyl (C=O) groups is 1. The third kappa shape index (κ3) is 4.42. The molecule has 3 rings (SSSR count). The van der Waals surface area contributed by atoms with Crippen LogP contribution in [0.3, 0.4) is 0 Å². The molecule has 0 saturated heterocycles. The minimum Gasteiger partial charge on any atom is -0.490 e. The Balaban J connectivity index is 1.80. The van der Waals surface area contributed by atoms with E-state index < -0.39 is 11.7 Å². The number of alkyl halides is 3. The topological polar surface area (TPSA) is 47.6 Å². The van der Waals surface area contributed by atoms with Crippen LogP contribution < -0.4 is 14.8 Å². The fourth-order valence-corrected chi connectivity index (χ4v) is 2.91. The summed E-state index contributed by atoms with van der Waals surface area (Å²) in [5.74, 6) is 0.998. The summed E-state index contributed by atoms with van der Waals surface area (Å²) in [6.07, 6.45) is -2.68. The predicted molar refractivity (Wildman–Crippen MR) is 93.7 cm³/mol. The zero-order valence-electron chi connectivity index (χ0n) is 14.5. The fourth-order valence-electron chi connectivity index (χ4n) is 2.91. The second-order valence-corrected chi connectivity index (χ2v) is 6.25. The first kappa shape index (κ1) is 18.8. The molecule has 1 aliphatic heterocycles. The van der Waals surface area contributed by atoms with E-state index in [1.54, 1.807) is 18.2 Å². The monoisotopic (exact) mass is 377 g/mol. The SMILES string of the molecule is C=CC(=O)N[C@H]1CC(C)Oc2cc(Oc3ccc(C(F)(F)F)cc3)ccc21. The summed E-state index contributed by atoms with van der Waals surface area (Å²) in [5.41, 5.74) is 0.0707. The number of nitrogens with one attached hydrogen (secondary N) is 1. The molecule has 0 fully saturated rings. The van der Waals surface area contributed by atoms with Gasteiger partial charge in [-0.05, 0) is 49.4 Å². The summed E-state index contributed by atoms with van der Waals surface area (Å²) >= 11 is 0. The van der Waals surface area contributed by atoms with Gasteiger partial charge in [-0.25, -0.2) is 0 Å². The Morgan fingerprint density at radius 1 is 1.22 bits per heavy atom. The molecule has 0 aliphatic carbocycles. The summed E-state index contributed by atoms with van der Waals surface area (Å²) in [7, 11) is 0. The van der Waals surface area contributed by atoms with Gasteiger partial charge < -0.3 is 14.8 Å². The molecule has 2 aromatic rings. The number of carbonyl (C=O) groups excluding carboxylic acids is 1. The standard InChI is InChI=1S/C20H18F3NO3/c1-3-19(25)24-17-10-12(2)26-18-11-15(8-9-16(17)18)27-14-6-4-13(5-7-14)20(21,22)23/h3-9,11-12,17H,1,10H2,2H3,(H,24,25)/t12?,17-/m0/s1. The van der Waals surface area contributed by atoms with Crippen LogP contribution in [0.25, 0.3) is 0 Å². The highest BCUT2D eigenvalue weighted by molar-refractivity contribution is 5.87. The number of benzene rings is 2. The lowest BCUT2D eigenvalue weighted by Crippen LogP contribution is -2.34. The molecular formula is C20H18F3NO3. The van der Waals surface area contributed by atoms with E-state index in [9.17, 15) is 18.0 Å². The molecule has 0 bridgehead atoms. The molecule has 4 nitrogen and oxygen atoms in total. The lowest BCUT2D eigenvalue weighted by atomic mass is 9.97. The summed E-state index contributed by atoms with van der Waals surface area (Å²) in [5, 5.41) is 2.86. The minimum absolute atomic E-state index is 0.117. The van der Waals surface area contributed by atoms with E-state index in [2.05, 4.69) is 11.9 Å². The maximum absolute atomic E-state index is 12.6. The van der Waals surface area contributed by atoms with Gasteiger partial charge in [0.2, 0.25) is 5.91 Å². The fraction of sp³-hybridized carbons (Fsp3) is 0.250. The van der Waals surface area contributed by atoms with Crippen LogP contribution in [-0.4, -0.2) is 12.0 Å². The zero-order chi connectivity index (χ0) is 19.6. The van der Waals surface area contributed by atoms with Crippen molar-refractivity contribution in [2.75, 3.05) is 0 Å². The minimum atomic E-state index is -4.39. The van der Waals surface area contributed by atoms with Crippen LogP contribution in [0.5, 0.6) is 17.2 Å². The first-order chi connectivity index (χ1) is 12.8. The predicted octanol–water partition coefficient (Wildman–Crippen LogP) is 5.01. The van der Waals surface area contributed by atoms with Crippen molar-refractivity contribution in [3.8, 4) is 17.2 Å². The van der Waals surface area contributed by atoms with Crippen molar-refractivity contribution in [3.63, 3.8) is 0 Å². The highest BCUT2D eigenvalue weighted by Crippen LogP contribution is 2.38. The van der Waals surface area contributed by atoms with Crippen molar-refractivity contribution in [2.24, 2.45) is 0 Å². The van der Waals surface area contributed by atoms with Gasteiger partial charge in [0.15, 0.2) is 0 Å². The molecule has 1 N–H and O–H groups in total. The van der Waals surface area contributed by atoms with Crippen LogP contribution in [0.4, 0.5) is 13.2 Å². The average Bonchev–Trinajstić information content (AvgIpc) is 2.61. The van der Waals surface area contributed by atoms with E-state index >= 15 is 0 Å². The van der Waals surface area contributed by atoms with Gasteiger partial charge in [-0.3, -0.25) is 4.79 Å². The van der Waals surface area contributed by atoms with Crippen molar-refractivity contribution in [1.29, 1.82) is 0 Å². The summed E-state index contributed by atoms with van der Waals surface area (Å²) < 4.78 is 49.3. The van der Waals surface area contributed by atoms with Crippen LogP contribution in [0.1, 0.15) is 30.5 Å². The van der Waals surface area contributed by atoms with E-state index in [0.717, 1.165) is 17.7 Å². The first-order valence-corrected chi connectivity index (χ1v) is 8.35. The largest absolute Gasteiger partial charge is 0.490 e. The van der Waals surface area contributed by atoms with Gasteiger partial charge in [-0.2, -0.15) is 13.2 Å². The van der Waals surface area contributed by atoms with Gasteiger partial charge in [0.05, 0.1) is 17.7 Å². The van der Waals surface area contributed by atoms with Crippen molar-refractivity contribution < 1.29 is 27.4 Å². The second kappa shape index (κ2) is 7.34. The van der Waals surface area contributed by atoms with Gasteiger partial charge in [-0.15, -0.1) is 0 Å². The smallest absolute Gasteiger partial charge is 0.416 e. The first-order valence-electron chi connectivity index (χ1n) is 8.35. The molecule has 0 radical (unpaired) electrons. The van der Waals surface area contributed by atoms with Crippen LogP contribution in [0.15, 0.2) is 55.1 Å². The quantitative estimate of drug-likeness (QED) is 0.762. The van der Waals surface area contributed by atoms with Crippen molar-refractivity contribution >= 4 is 5.91 Å². The van der Waals surface area contributed by atoms with E-state index in [-0.39, 0.29) is 23.8 Å². The lowest BCUT2D eigenvalue weighted by molar-refractivity contribution is -0.137. The number of rotatable bonds is 4. The number of fused-ring (bicyclic) bond motifs is 1. The zero-order valence-corrected chi connectivity index (χ0v) is 14.5. The number of hydrogen-bond donors (Lipinski definition) is 1. The molecule has 2 aromatic carbocycles. The molecule has 0 aromatic heterocycles. The summed E-state index contributed by atoms with van der Waals surface area (Å²) in [4.78, 5) is 11.6. The number of amides is 1. The number of ether oxygens (including phenoxy) is 2. The molecule has 0 saturated carbocycles. The Morgan fingerprint density at radius 2 is 1.89 bits per heavy atom. The van der Waals surface area contributed by atoms with Gasteiger partial charge >= 0.3 is 6.18 Å². The second-order valence-electron chi connectivity index (χ2n) is 6.25. The normalized spacial score (nSPS) is 18.8. The van der Waals surface area contributed by atoms with Gasteiger partial charge in [0.1, 0.15) is 17.2 Å². The average molecular weight is 377 g/mol. The van der Waals surface area contributed by atoms with Crippen LogP contribution >= 0.6 is 0 Å². The van der Waals surface area contributed by atoms with E-state index in [1.165, 1.54) is 18.2 Å². The summed E-state index contributed by atoms with van der Waals surface area (Å²) in [6, 6.07) is 9.36. The van der Waals surface area contributed by atoms with Crippen molar-refractivity contribution in [2.45, 2.75) is 31.7 Å².